The van der Waals surface area contributed by atoms with Crippen LogP contribution in [0, 0.1) is 5.82 Å². The molecule has 0 aliphatic rings. The Morgan fingerprint density at radius 3 is 3.00 bits per heavy atom. The molecule has 17 heavy (non-hydrogen) atoms. The third kappa shape index (κ3) is 5.37. The number of halogens is 1. The molecule has 1 aromatic rings. The van der Waals surface area contributed by atoms with E-state index in [1.54, 1.807) is 12.1 Å². The summed E-state index contributed by atoms with van der Waals surface area (Å²) in [6, 6.07) is 7.08. The van der Waals surface area contributed by atoms with Crippen LogP contribution in [0.2, 0.25) is 0 Å². The Morgan fingerprint density at radius 1 is 1.53 bits per heavy atom. The number of nitrogens with one attached hydrogen (secondary N) is 1. The van der Waals surface area contributed by atoms with Gasteiger partial charge in [-0.3, -0.25) is 0 Å². The third-order valence-corrected chi connectivity index (χ3v) is 3.50. The molecule has 1 N–H and O–H groups in total. The van der Waals surface area contributed by atoms with Crippen molar-refractivity contribution in [3.8, 4) is 0 Å². The van der Waals surface area contributed by atoms with Gasteiger partial charge in [0, 0.05) is 24.1 Å². The lowest BCUT2D eigenvalue weighted by Crippen LogP contribution is -2.23. The summed E-state index contributed by atoms with van der Waals surface area (Å²) in [5, 5.41) is 3.45. The molecule has 0 spiro atoms. The van der Waals surface area contributed by atoms with Gasteiger partial charge in [-0.15, -0.1) is 6.58 Å². The number of thioether (sulfide) groups is 1. The topological polar surface area (TPSA) is 12.0 Å². The van der Waals surface area contributed by atoms with Gasteiger partial charge in [0.1, 0.15) is 5.82 Å². The first-order chi connectivity index (χ1) is 8.27. The highest BCUT2D eigenvalue weighted by Gasteiger charge is 2.08. The predicted octanol–water partition coefficient (Wildman–Crippen LogP) is 3.79. The molecule has 0 heterocycles. The molecule has 0 amide bonds. The number of rotatable bonds is 8. The summed E-state index contributed by atoms with van der Waals surface area (Å²) < 4.78 is 13.1. The molecule has 0 aromatic heterocycles. The number of benzene rings is 1. The smallest absolute Gasteiger partial charge is 0.123 e. The maximum absolute atomic E-state index is 13.1. The van der Waals surface area contributed by atoms with E-state index in [-0.39, 0.29) is 11.9 Å². The van der Waals surface area contributed by atoms with Crippen molar-refractivity contribution in [3.05, 3.63) is 48.3 Å². The van der Waals surface area contributed by atoms with Crippen LogP contribution in [-0.2, 0) is 0 Å². The second-order valence-corrected chi connectivity index (χ2v) is 4.98. The van der Waals surface area contributed by atoms with Crippen molar-refractivity contribution in [2.45, 2.75) is 19.4 Å². The van der Waals surface area contributed by atoms with Crippen molar-refractivity contribution in [1.29, 1.82) is 0 Å². The first-order valence-corrected chi connectivity index (χ1v) is 7.11. The summed E-state index contributed by atoms with van der Waals surface area (Å²) in [5.41, 5.74) is 1.03. The van der Waals surface area contributed by atoms with Gasteiger partial charge in [0.15, 0.2) is 0 Å². The molecule has 0 aliphatic carbocycles. The Labute approximate surface area is 107 Å². The van der Waals surface area contributed by atoms with E-state index in [0.717, 1.165) is 30.0 Å². The zero-order chi connectivity index (χ0) is 12.5. The van der Waals surface area contributed by atoms with Crippen LogP contribution >= 0.6 is 11.8 Å². The molecule has 0 fully saturated rings. The Kier molecular flexibility index (Phi) is 6.97. The molecule has 94 valence electrons. The second kappa shape index (κ2) is 8.31. The molecule has 1 nitrogen and oxygen atoms in total. The van der Waals surface area contributed by atoms with E-state index in [4.69, 9.17) is 0 Å². The lowest BCUT2D eigenvalue weighted by Gasteiger charge is -2.17. The minimum atomic E-state index is -0.163. The summed E-state index contributed by atoms with van der Waals surface area (Å²) >= 11 is 1.85. The monoisotopic (exact) mass is 253 g/mol. The van der Waals surface area contributed by atoms with Gasteiger partial charge < -0.3 is 5.32 Å². The molecule has 1 atom stereocenters. The van der Waals surface area contributed by atoms with Crippen LogP contribution in [0.4, 0.5) is 4.39 Å². The molecule has 0 saturated heterocycles. The summed E-state index contributed by atoms with van der Waals surface area (Å²) in [4.78, 5) is 0. The summed E-state index contributed by atoms with van der Waals surface area (Å²) in [7, 11) is 0. The fraction of sp³-hybridized carbons (Fsp3) is 0.429. The molecule has 0 saturated carbocycles. The standard InChI is InChI=1S/C14H20FNS/c1-3-9-17-10-8-16-14(4-2)12-6-5-7-13(15)11-12/h3,5-7,11,14,16H,1,4,8-10H2,2H3. The SMILES string of the molecule is C=CCSCCNC(CC)c1cccc(F)c1. The predicted molar refractivity (Wildman–Crippen MR) is 75.0 cm³/mol. The van der Waals surface area contributed by atoms with E-state index < -0.39 is 0 Å². The van der Waals surface area contributed by atoms with Crippen molar-refractivity contribution < 1.29 is 4.39 Å². The number of hydrogen-bond donors (Lipinski definition) is 1. The largest absolute Gasteiger partial charge is 0.309 e. The van der Waals surface area contributed by atoms with E-state index in [9.17, 15) is 4.39 Å². The second-order valence-electron chi connectivity index (χ2n) is 3.83. The Morgan fingerprint density at radius 2 is 2.35 bits per heavy atom. The van der Waals surface area contributed by atoms with E-state index in [1.807, 2.05) is 23.9 Å². The quantitative estimate of drug-likeness (QED) is 0.559. The maximum atomic E-state index is 13.1. The fourth-order valence-corrected chi connectivity index (χ4v) is 2.29. The molecule has 1 aromatic carbocycles. The third-order valence-electron chi connectivity index (χ3n) is 2.53. The summed E-state index contributed by atoms with van der Waals surface area (Å²) in [5.74, 6) is 1.87. The first kappa shape index (κ1) is 14.3. The van der Waals surface area contributed by atoms with Gasteiger partial charge >= 0.3 is 0 Å². The highest BCUT2D eigenvalue weighted by molar-refractivity contribution is 7.99. The minimum Gasteiger partial charge on any atom is -0.309 e. The Balaban J connectivity index is 2.40. The van der Waals surface area contributed by atoms with Gasteiger partial charge in [-0.1, -0.05) is 25.1 Å². The molecule has 3 heteroatoms. The highest BCUT2D eigenvalue weighted by Crippen LogP contribution is 2.17. The van der Waals surface area contributed by atoms with Crippen molar-refractivity contribution in [2.24, 2.45) is 0 Å². The average molecular weight is 253 g/mol. The molecule has 1 unspecified atom stereocenters. The van der Waals surface area contributed by atoms with Crippen LogP contribution in [0.15, 0.2) is 36.9 Å². The van der Waals surface area contributed by atoms with Gasteiger partial charge in [-0.05, 0) is 24.1 Å². The maximum Gasteiger partial charge on any atom is 0.123 e. The van der Waals surface area contributed by atoms with Gasteiger partial charge in [0.05, 0.1) is 0 Å². The Hall–Kier alpha value is -0.800. The van der Waals surface area contributed by atoms with E-state index in [0.29, 0.717) is 0 Å². The molecule has 0 aliphatic heterocycles. The first-order valence-electron chi connectivity index (χ1n) is 5.95. The van der Waals surface area contributed by atoms with Crippen LogP contribution in [0.5, 0.6) is 0 Å². The van der Waals surface area contributed by atoms with Crippen molar-refractivity contribution in [1.82, 2.24) is 5.32 Å². The van der Waals surface area contributed by atoms with Crippen LogP contribution < -0.4 is 5.32 Å². The summed E-state index contributed by atoms with van der Waals surface area (Å²) in [6.07, 6.45) is 2.88. The van der Waals surface area contributed by atoms with Crippen LogP contribution in [0.3, 0.4) is 0 Å². The Bertz CT molecular complexity index is 341. The zero-order valence-corrected chi connectivity index (χ0v) is 11.1. The van der Waals surface area contributed by atoms with Crippen LogP contribution in [0.1, 0.15) is 24.9 Å². The molecule has 0 bridgehead atoms. The van der Waals surface area contributed by atoms with Gasteiger partial charge in [-0.25, -0.2) is 4.39 Å². The average Bonchev–Trinajstić information content (AvgIpc) is 2.34. The lowest BCUT2D eigenvalue weighted by molar-refractivity contribution is 0.533. The molecular weight excluding hydrogens is 233 g/mol. The normalized spacial score (nSPS) is 12.4. The number of hydrogen-bond acceptors (Lipinski definition) is 2. The fourth-order valence-electron chi connectivity index (χ4n) is 1.69. The van der Waals surface area contributed by atoms with Gasteiger partial charge in [0.25, 0.3) is 0 Å². The van der Waals surface area contributed by atoms with Crippen molar-refractivity contribution in [3.63, 3.8) is 0 Å². The van der Waals surface area contributed by atoms with Gasteiger partial charge in [-0.2, -0.15) is 11.8 Å². The van der Waals surface area contributed by atoms with E-state index in [2.05, 4.69) is 18.8 Å². The van der Waals surface area contributed by atoms with Gasteiger partial charge in [0.2, 0.25) is 0 Å². The lowest BCUT2D eigenvalue weighted by atomic mass is 10.0. The molecule has 0 radical (unpaired) electrons. The minimum absolute atomic E-state index is 0.163. The van der Waals surface area contributed by atoms with Crippen LogP contribution in [-0.4, -0.2) is 18.1 Å². The van der Waals surface area contributed by atoms with Crippen molar-refractivity contribution in [2.75, 3.05) is 18.1 Å². The molecule has 1 rings (SSSR count). The molecular formula is C14H20FNS. The van der Waals surface area contributed by atoms with E-state index >= 15 is 0 Å². The summed E-state index contributed by atoms with van der Waals surface area (Å²) in [6.45, 7) is 6.73. The van der Waals surface area contributed by atoms with Crippen molar-refractivity contribution >= 4 is 11.8 Å². The van der Waals surface area contributed by atoms with E-state index in [1.165, 1.54) is 6.07 Å². The van der Waals surface area contributed by atoms with Crippen LogP contribution in [0.25, 0.3) is 0 Å². The zero-order valence-electron chi connectivity index (χ0n) is 10.3. The highest BCUT2D eigenvalue weighted by atomic mass is 32.2.